The number of hydrogen-bond donors (Lipinski definition) is 0. The van der Waals surface area contributed by atoms with Gasteiger partial charge < -0.3 is 14.2 Å². The van der Waals surface area contributed by atoms with Gasteiger partial charge >= 0.3 is 5.97 Å². The van der Waals surface area contributed by atoms with Gasteiger partial charge in [0.05, 0.1) is 20.3 Å². The van der Waals surface area contributed by atoms with Crippen LogP contribution in [0, 0.1) is 45.8 Å². The molecule has 1 spiro atoms. The van der Waals surface area contributed by atoms with Crippen LogP contribution in [-0.2, 0) is 19.0 Å². The van der Waals surface area contributed by atoms with Crippen molar-refractivity contribution in [2.75, 3.05) is 20.3 Å². The summed E-state index contributed by atoms with van der Waals surface area (Å²) in [5.41, 5.74) is 2.49. The second-order valence-corrected chi connectivity index (χ2v) is 13.9. The minimum atomic E-state index is -0.371. The molecule has 4 fully saturated rings. The zero-order valence-corrected chi connectivity index (χ0v) is 22.6. The number of esters is 1. The van der Waals surface area contributed by atoms with Crippen LogP contribution in [0.25, 0.3) is 0 Å². The Bertz CT molecular complexity index is 820. The maximum atomic E-state index is 11.7. The lowest BCUT2D eigenvalue weighted by Gasteiger charge is -2.60. The van der Waals surface area contributed by atoms with E-state index in [0.29, 0.717) is 23.2 Å². The molecule has 1 heterocycles. The van der Waals surface area contributed by atoms with Gasteiger partial charge in [-0.05, 0) is 85.4 Å². The molecule has 0 bridgehead atoms. The lowest BCUT2D eigenvalue weighted by atomic mass is 9.46. The Morgan fingerprint density at radius 1 is 1.06 bits per heavy atom. The maximum Gasteiger partial charge on any atom is 0.305 e. The second kappa shape index (κ2) is 8.61. The van der Waals surface area contributed by atoms with Gasteiger partial charge in [-0.15, -0.1) is 0 Å². The number of methoxy groups -OCH3 is 1. The fourth-order valence-electron chi connectivity index (χ4n) is 9.21. The highest BCUT2D eigenvalue weighted by molar-refractivity contribution is 5.69. The molecule has 4 heteroatoms. The molecule has 0 aromatic heterocycles. The predicted octanol–water partition coefficient (Wildman–Crippen LogP) is 6.92. The molecule has 5 rings (SSSR count). The summed E-state index contributed by atoms with van der Waals surface area (Å²) in [6.07, 6.45) is 14.0. The van der Waals surface area contributed by atoms with Crippen LogP contribution in [0.4, 0.5) is 0 Å². The third-order valence-electron chi connectivity index (χ3n) is 11.4. The molecule has 5 unspecified atom stereocenters. The molecule has 1 saturated heterocycles. The Kier molecular flexibility index (Phi) is 6.28. The topological polar surface area (TPSA) is 44.8 Å². The number of allylic oxidation sites excluding steroid dienone is 1. The Hall–Kier alpha value is -0.870. The summed E-state index contributed by atoms with van der Waals surface area (Å²) in [7, 11) is 1.51. The second-order valence-electron chi connectivity index (χ2n) is 13.9. The van der Waals surface area contributed by atoms with Crippen molar-refractivity contribution in [3.8, 4) is 0 Å². The third kappa shape index (κ3) is 3.99. The maximum absolute atomic E-state index is 11.7. The van der Waals surface area contributed by atoms with Crippen molar-refractivity contribution in [3.05, 3.63) is 11.6 Å². The van der Waals surface area contributed by atoms with Gasteiger partial charge in [-0.25, -0.2) is 0 Å². The van der Waals surface area contributed by atoms with Gasteiger partial charge in [-0.2, -0.15) is 0 Å². The SMILES string of the molecule is COC(=O)CC[C@@H](C)[C@H]1CCC2C3CC=C4CC5(CCC4(C)C3CCC21C)OCC(C)(C)CO5. The highest BCUT2D eigenvalue weighted by atomic mass is 16.7. The molecule has 4 aliphatic carbocycles. The van der Waals surface area contributed by atoms with Crippen molar-refractivity contribution in [3.63, 3.8) is 0 Å². The van der Waals surface area contributed by atoms with E-state index < -0.39 is 0 Å². The molecule has 0 aromatic rings. The average Bonchev–Trinajstić information content (AvgIpc) is 3.17. The van der Waals surface area contributed by atoms with Gasteiger partial charge in [0.2, 0.25) is 0 Å². The van der Waals surface area contributed by atoms with Crippen LogP contribution in [0.1, 0.15) is 98.8 Å². The van der Waals surface area contributed by atoms with Gasteiger partial charge in [0.15, 0.2) is 5.79 Å². The van der Waals surface area contributed by atoms with Crippen molar-refractivity contribution in [2.24, 2.45) is 45.8 Å². The van der Waals surface area contributed by atoms with Crippen molar-refractivity contribution < 1.29 is 19.0 Å². The summed E-state index contributed by atoms with van der Waals surface area (Å²) in [6, 6.07) is 0. The molecule has 3 saturated carbocycles. The first kappa shape index (κ1) is 24.8. The number of carbonyl (C=O) groups excluding carboxylic acids is 1. The molecule has 0 amide bonds. The van der Waals surface area contributed by atoms with Crippen LogP contribution in [0.3, 0.4) is 0 Å². The van der Waals surface area contributed by atoms with Crippen LogP contribution >= 0.6 is 0 Å². The first-order chi connectivity index (χ1) is 16.0. The highest BCUT2D eigenvalue weighted by Gasteiger charge is 2.60. The van der Waals surface area contributed by atoms with E-state index in [-0.39, 0.29) is 17.2 Å². The summed E-state index contributed by atoms with van der Waals surface area (Å²) in [6.45, 7) is 13.6. The third-order valence-corrected chi connectivity index (χ3v) is 11.4. The lowest BCUT2D eigenvalue weighted by molar-refractivity contribution is -0.310. The summed E-state index contributed by atoms with van der Waals surface area (Å²) >= 11 is 0. The molecular weight excluding hydrogens is 424 g/mol. The molecule has 34 heavy (non-hydrogen) atoms. The van der Waals surface area contributed by atoms with E-state index in [1.807, 2.05) is 0 Å². The zero-order valence-electron chi connectivity index (χ0n) is 22.6. The fraction of sp³-hybridized carbons (Fsp3) is 0.900. The highest BCUT2D eigenvalue weighted by Crippen LogP contribution is 2.68. The fourth-order valence-corrected chi connectivity index (χ4v) is 9.21. The Morgan fingerprint density at radius 3 is 2.50 bits per heavy atom. The van der Waals surface area contributed by atoms with E-state index in [1.54, 1.807) is 5.57 Å². The van der Waals surface area contributed by atoms with Crippen LogP contribution < -0.4 is 0 Å². The molecule has 5 aliphatic rings. The first-order valence-corrected chi connectivity index (χ1v) is 14.1. The number of hydrogen-bond acceptors (Lipinski definition) is 4. The molecule has 0 N–H and O–H groups in total. The molecule has 4 nitrogen and oxygen atoms in total. The quantitative estimate of drug-likeness (QED) is 0.329. The Morgan fingerprint density at radius 2 is 1.79 bits per heavy atom. The van der Waals surface area contributed by atoms with Crippen LogP contribution in [0.5, 0.6) is 0 Å². The van der Waals surface area contributed by atoms with Gasteiger partial charge in [-0.1, -0.05) is 46.3 Å². The van der Waals surface area contributed by atoms with Crippen LogP contribution in [0.2, 0.25) is 0 Å². The smallest absolute Gasteiger partial charge is 0.305 e. The largest absolute Gasteiger partial charge is 0.469 e. The van der Waals surface area contributed by atoms with Crippen LogP contribution in [0.15, 0.2) is 11.6 Å². The van der Waals surface area contributed by atoms with Crippen molar-refractivity contribution >= 4 is 5.97 Å². The van der Waals surface area contributed by atoms with E-state index in [1.165, 1.54) is 45.6 Å². The number of carbonyl (C=O) groups is 1. The normalized spacial score (nSPS) is 43.3. The Balaban J connectivity index is 1.31. The molecule has 0 radical (unpaired) electrons. The van der Waals surface area contributed by atoms with Crippen molar-refractivity contribution in [1.82, 2.24) is 0 Å². The Labute approximate surface area is 207 Å². The molecule has 192 valence electrons. The summed E-state index contributed by atoms with van der Waals surface area (Å²) in [4.78, 5) is 11.7. The minimum absolute atomic E-state index is 0.0577. The van der Waals surface area contributed by atoms with E-state index in [9.17, 15) is 4.79 Å². The molecular formula is C30H48O4. The molecule has 7 atom stereocenters. The number of fused-ring (bicyclic) bond motifs is 5. The van der Waals surface area contributed by atoms with E-state index in [0.717, 1.165) is 56.1 Å². The molecule has 1 aliphatic heterocycles. The van der Waals surface area contributed by atoms with Crippen molar-refractivity contribution in [1.29, 1.82) is 0 Å². The monoisotopic (exact) mass is 472 g/mol. The number of ether oxygens (including phenoxy) is 3. The van der Waals surface area contributed by atoms with Gasteiger partial charge in [0.1, 0.15) is 0 Å². The summed E-state index contributed by atoms with van der Waals surface area (Å²) < 4.78 is 17.8. The summed E-state index contributed by atoms with van der Waals surface area (Å²) in [5, 5.41) is 0. The van der Waals surface area contributed by atoms with Gasteiger partial charge in [-0.3, -0.25) is 4.79 Å². The standard InChI is InChI=1S/C30H48O4/c1-20(7-12-26(31)32-6)23-10-11-24-22-9-8-21-17-30(33-18-27(2,3)19-34-30)16-15-28(21,4)25(22)13-14-29(23,24)5/h8,20,22-25H,7,9-19H2,1-6H3/t20-,22?,23-,24?,25?,28?,29?/m1/s1. The van der Waals surface area contributed by atoms with E-state index in [2.05, 4.69) is 40.7 Å². The van der Waals surface area contributed by atoms with Gasteiger partial charge in [0.25, 0.3) is 0 Å². The minimum Gasteiger partial charge on any atom is -0.469 e. The molecule has 0 aromatic carbocycles. The van der Waals surface area contributed by atoms with Gasteiger partial charge in [0, 0.05) is 24.7 Å². The predicted molar refractivity (Wildman–Crippen MR) is 134 cm³/mol. The van der Waals surface area contributed by atoms with Crippen LogP contribution in [-0.4, -0.2) is 32.1 Å². The zero-order chi connectivity index (χ0) is 24.4. The first-order valence-electron chi connectivity index (χ1n) is 14.1. The number of rotatable bonds is 4. The summed E-state index contributed by atoms with van der Waals surface area (Å²) in [5.74, 6) is 3.34. The average molecular weight is 473 g/mol. The lowest BCUT2D eigenvalue weighted by Crippen LogP contribution is -2.55. The van der Waals surface area contributed by atoms with Crippen molar-refractivity contribution in [2.45, 2.75) is 105 Å². The van der Waals surface area contributed by atoms with E-state index >= 15 is 0 Å². The van der Waals surface area contributed by atoms with E-state index in [4.69, 9.17) is 14.2 Å².